The van der Waals surface area contributed by atoms with Crippen LogP contribution in [-0.2, 0) is 0 Å². The average Bonchev–Trinajstić information content (AvgIpc) is 2.09. The van der Waals surface area contributed by atoms with Crippen molar-refractivity contribution in [3.63, 3.8) is 0 Å². The van der Waals surface area contributed by atoms with E-state index in [0.717, 1.165) is 0 Å². The van der Waals surface area contributed by atoms with Gasteiger partial charge in [0, 0.05) is 0 Å². The first-order valence-corrected chi connectivity index (χ1v) is 4.03. The second-order valence-electron chi connectivity index (χ2n) is 2.50. The van der Waals surface area contributed by atoms with E-state index in [1.165, 1.54) is 0 Å². The Kier molecular flexibility index (Phi) is 9.81. The molecule has 1 amide bonds. The van der Waals surface area contributed by atoms with Gasteiger partial charge in [-0.1, -0.05) is 11.6 Å². The van der Waals surface area contributed by atoms with Gasteiger partial charge in [0.05, 0.1) is 0 Å². The number of aromatic nitrogens is 2. The predicted molar refractivity (Wildman–Crippen MR) is 69.7 cm³/mol. The number of nitrogens with zero attached hydrogens (tertiary/aromatic N) is 2. The zero-order valence-corrected chi connectivity index (χ0v) is 10.4. The molecule has 1 rings (SSSR count). The molecular weight excluding hydrogens is 289 g/mol. The normalized spacial score (nSPS) is 8.06. The third kappa shape index (κ3) is 4.97. The van der Waals surface area contributed by atoms with Gasteiger partial charge in [0.1, 0.15) is 0 Å². The molecule has 12 heteroatoms. The Balaban J connectivity index is -0.000000750. The lowest BCUT2D eigenvalue weighted by Crippen LogP contribution is -2.36. The van der Waals surface area contributed by atoms with Gasteiger partial charge in [-0.05, 0) is 0 Å². The molecule has 10 nitrogen and oxygen atoms in total. The van der Waals surface area contributed by atoms with Crippen molar-refractivity contribution in [3.05, 3.63) is 10.8 Å². The zero-order valence-electron chi connectivity index (χ0n) is 8.82. The van der Waals surface area contributed by atoms with Gasteiger partial charge in [0.25, 0.3) is 5.91 Å². The van der Waals surface area contributed by atoms with Gasteiger partial charge in [0.2, 0.25) is 0 Å². The van der Waals surface area contributed by atoms with Crippen molar-refractivity contribution in [1.29, 1.82) is 5.41 Å². The highest BCUT2D eigenvalue weighted by Gasteiger charge is 2.15. The van der Waals surface area contributed by atoms with Crippen LogP contribution in [0.1, 0.15) is 10.5 Å². The first-order valence-electron chi connectivity index (χ1n) is 3.65. The Labute approximate surface area is 112 Å². The van der Waals surface area contributed by atoms with E-state index in [-0.39, 0.29) is 45.8 Å². The van der Waals surface area contributed by atoms with Crippen LogP contribution in [0, 0.1) is 5.41 Å². The third-order valence-electron chi connectivity index (χ3n) is 1.37. The van der Waals surface area contributed by atoms with E-state index in [1.54, 1.807) is 0 Å². The number of guanidine groups is 1. The number of hydrogen-bond acceptors (Lipinski definition) is 6. The van der Waals surface area contributed by atoms with Crippen molar-refractivity contribution in [2.45, 2.75) is 0 Å². The van der Waals surface area contributed by atoms with Crippen LogP contribution in [0.15, 0.2) is 0 Å². The Bertz CT molecular complexity index is 441. The molecule has 0 aliphatic carbocycles. The van der Waals surface area contributed by atoms with E-state index in [2.05, 4.69) is 9.97 Å². The van der Waals surface area contributed by atoms with Crippen LogP contribution in [0.3, 0.4) is 0 Å². The molecule has 0 fully saturated rings. The van der Waals surface area contributed by atoms with Gasteiger partial charge < -0.3 is 28.2 Å². The van der Waals surface area contributed by atoms with Crippen molar-refractivity contribution in [1.82, 2.24) is 15.3 Å². The molecule has 0 atom stereocenters. The molecule has 0 unspecified atom stereocenters. The second kappa shape index (κ2) is 8.25. The minimum Gasteiger partial charge on any atom is -0.412 e. The highest BCUT2D eigenvalue weighted by molar-refractivity contribution is 6.31. The average molecular weight is 302 g/mol. The number of carbonyl (C=O) groups excluding carboxylic acids is 1. The van der Waals surface area contributed by atoms with Crippen LogP contribution in [-0.4, -0.2) is 32.8 Å². The first-order chi connectivity index (χ1) is 6.91. The molecular formula is C6H13Cl2N7O3. The van der Waals surface area contributed by atoms with Crippen LogP contribution in [0.4, 0.5) is 11.6 Å². The Hall–Kier alpha value is -1.88. The molecule has 0 aliphatic rings. The summed E-state index contributed by atoms with van der Waals surface area (Å²) >= 11 is 5.55. The molecule has 1 aromatic rings. The number of nitrogens with two attached hydrogens (primary N) is 3. The van der Waals surface area contributed by atoms with E-state index in [4.69, 9.17) is 34.2 Å². The van der Waals surface area contributed by atoms with Crippen LogP contribution in [0.2, 0.25) is 5.15 Å². The van der Waals surface area contributed by atoms with Gasteiger partial charge >= 0.3 is 0 Å². The standard InChI is InChI=1S/C6H8ClN7O.ClH.2H2O/c7-2-4(9)13-3(8)1(12-2)5(15)14-6(10)11;;;/h(H4,8,9,13)(H4,10,11,14,15);1H;2*1H2. The number of rotatable bonds is 1. The summed E-state index contributed by atoms with van der Waals surface area (Å²) in [6.07, 6.45) is 0. The maximum atomic E-state index is 11.3. The fourth-order valence-electron chi connectivity index (χ4n) is 0.790. The molecule has 12 N–H and O–H groups in total. The van der Waals surface area contributed by atoms with Gasteiger partial charge in [0.15, 0.2) is 28.4 Å². The molecule has 0 bridgehead atoms. The largest absolute Gasteiger partial charge is 0.412 e. The minimum absolute atomic E-state index is 0. The van der Waals surface area contributed by atoms with E-state index in [0.29, 0.717) is 0 Å². The third-order valence-corrected chi connectivity index (χ3v) is 1.65. The summed E-state index contributed by atoms with van der Waals surface area (Å²) in [5, 5.41) is 8.69. The quantitative estimate of drug-likeness (QED) is 0.283. The highest BCUT2D eigenvalue weighted by atomic mass is 35.5. The topological polar surface area (TPSA) is 220 Å². The number of anilines is 2. The summed E-state index contributed by atoms with van der Waals surface area (Å²) in [6.45, 7) is 0. The number of amides is 1. The lowest BCUT2D eigenvalue weighted by Gasteiger charge is -2.05. The molecule has 104 valence electrons. The maximum Gasteiger partial charge on any atom is 0.280 e. The van der Waals surface area contributed by atoms with E-state index in [9.17, 15) is 4.79 Å². The van der Waals surface area contributed by atoms with Crippen LogP contribution >= 0.6 is 24.0 Å². The summed E-state index contributed by atoms with van der Waals surface area (Å²) in [5.41, 5.74) is 15.4. The Morgan fingerprint density at radius 1 is 1.22 bits per heavy atom. The molecule has 0 radical (unpaired) electrons. The number of nitrogen functional groups attached to an aromatic ring is 2. The summed E-state index contributed by atoms with van der Waals surface area (Å²) < 4.78 is 0. The highest BCUT2D eigenvalue weighted by Crippen LogP contribution is 2.16. The summed E-state index contributed by atoms with van der Waals surface area (Å²) in [4.78, 5) is 18.5. The molecule has 1 aromatic heterocycles. The maximum absolute atomic E-state index is 11.3. The van der Waals surface area contributed by atoms with Gasteiger partial charge in [-0.2, -0.15) is 0 Å². The number of carbonyl (C=O) groups is 1. The minimum atomic E-state index is -0.769. The SMILES string of the molecule is Cl.N=C(N)NC(=O)c1nc(Cl)c(N)nc1N.O.O. The van der Waals surface area contributed by atoms with Crippen LogP contribution < -0.4 is 22.5 Å². The fraction of sp³-hybridized carbons (Fsp3) is 0. The van der Waals surface area contributed by atoms with Crippen molar-refractivity contribution in [2.24, 2.45) is 5.73 Å². The summed E-state index contributed by atoms with van der Waals surface area (Å²) in [7, 11) is 0. The summed E-state index contributed by atoms with van der Waals surface area (Å²) in [6, 6.07) is 0. The lowest BCUT2D eigenvalue weighted by atomic mass is 10.4. The van der Waals surface area contributed by atoms with Gasteiger partial charge in [-0.3, -0.25) is 15.5 Å². The Morgan fingerprint density at radius 2 is 1.72 bits per heavy atom. The molecule has 0 aliphatic heterocycles. The lowest BCUT2D eigenvalue weighted by molar-refractivity contribution is 0.0972. The second-order valence-corrected chi connectivity index (χ2v) is 2.86. The first kappa shape index (κ1) is 21.4. The molecule has 0 aromatic carbocycles. The van der Waals surface area contributed by atoms with Crippen molar-refractivity contribution in [3.8, 4) is 0 Å². The van der Waals surface area contributed by atoms with Gasteiger partial charge in [-0.25, -0.2) is 9.97 Å². The van der Waals surface area contributed by atoms with Gasteiger partial charge in [-0.15, -0.1) is 12.4 Å². The van der Waals surface area contributed by atoms with Crippen molar-refractivity contribution >= 4 is 47.5 Å². The zero-order chi connectivity index (χ0) is 11.6. The van der Waals surface area contributed by atoms with Crippen molar-refractivity contribution < 1.29 is 15.7 Å². The summed E-state index contributed by atoms with van der Waals surface area (Å²) in [5.74, 6) is -1.56. The molecule has 18 heavy (non-hydrogen) atoms. The van der Waals surface area contributed by atoms with Crippen LogP contribution in [0.5, 0.6) is 0 Å². The number of hydrogen-bond donors (Lipinski definition) is 5. The molecule has 0 saturated heterocycles. The van der Waals surface area contributed by atoms with Crippen LogP contribution in [0.25, 0.3) is 0 Å². The smallest absolute Gasteiger partial charge is 0.280 e. The number of halogens is 2. The van der Waals surface area contributed by atoms with E-state index < -0.39 is 11.9 Å². The van der Waals surface area contributed by atoms with Crippen molar-refractivity contribution in [2.75, 3.05) is 11.5 Å². The van der Waals surface area contributed by atoms with E-state index >= 15 is 0 Å². The number of nitrogens with one attached hydrogen (secondary N) is 2. The predicted octanol–water partition coefficient (Wildman–Crippen LogP) is -2.31. The molecule has 1 heterocycles. The fourth-order valence-corrected chi connectivity index (χ4v) is 0.917. The molecule has 0 spiro atoms. The van der Waals surface area contributed by atoms with E-state index in [1.807, 2.05) is 5.32 Å². The molecule has 0 saturated carbocycles. The Morgan fingerprint density at radius 3 is 2.17 bits per heavy atom. The monoisotopic (exact) mass is 301 g/mol.